The van der Waals surface area contributed by atoms with Crippen molar-refractivity contribution in [3.8, 4) is 0 Å². The fraction of sp³-hybridized carbons (Fsp3) is 0.391. The first-order valence-electron chi connectivity index (χ1n) is 10.5. The van der Waals surface area contributed by atoms with Crippen LogP contribution in [0.4, 0.5) is 10.1 Å². The minimum atomic E-state index is -3.69. The molecule has 1 N–H and O–H groups in total. The average Bonchev–Trinajstić information content (AvgIpc) is 2.78. The van der Waals surface area contributed by atoms with Crippen molar-refractivity contribution < 1.29 is 22.4 Å². The molecule has 1 saturated heterocycles. The van der Waals surface area contributed by atoms with Crippen molar-refractivity contribution in [2.45, 2.75) is 39.3 Å². The van der Waals surface area contributed by atoms with Crippen LogP contribution >= 0.6 is 0 Å². The number of benzene rings is 2. The molecule has 2 aromatic carbocycles. The van der Waals surface area contributed by atoms with Crippen LogP contribution in [-0.4, -0.2) is 48.9 Å². The van der Waals surface area contributed by atoms with E-state index in [1.54, 1.807) is 31.2 Å². The minimum Gasteiger partial charge on any atom is -0.350 e. The van der Waals surface area contributed by atoms with Gasteiger partial charge in [0.2, 0.25) is 21.8 Å². The van der Waals surface area contributed by atoms with Crippen molar-refractivity contribution in [3.63, 3.8) is 0 Å². The second-order valence-electron chi connectivity index (χ2n) is 7.96. The number of hydrogen-bond acceptors (Lipinski definition) is 4. The van der Waals surface area contributed by atoms with Gasteiger partial charge in [-0.15, -0.1) is 0 Å². The highest BCUT2D eigenvalue weighted by atomic mass is 32.2. The Morgan fingerprint density at radius 3 is 2.41 bits per heavy atom. The highest BCUT2D eigenvalue weighted by Crippen LogP contribution is 2.33. The number of hydrogen-bond donors (Lipinski definition) is 1. The van der Waals surface area contributed by atoms with Crippen molar-refractivity contribution in [2.24, 2.45) is 0 Å². The fourth-order valence-electron chi connectivity index (χ4n) is 3.92. The van der Waals surface area contributed by atoms with E-state index < -0.39 is 27.4 Å². The van der Waals surface area contributed by atoms with Crippen molar-refractivity contribution >= 4 is 27.5 Å². The molecule has 0 spiro atoms. The number of carbonyl (C=O) groups excluding carboxylic acids is 2. The minimum absolute atomic E-state index is 0.118. The van der Waals surface area contributed by atoms with Crippen LogP contribution in [0.3, 0.4) is 0 Å². The molecule has 0 radical (unpaired) electrons. The zero-order valence-corrected chi connectivity index (χ0v) is 19.3. The standard InChI is InChI=1S/C23H28FN3O4S/c1-4-18-8-6-7-9-20(18)27-21(28)15-26(32(30,31)5-2)16-23(27,3)22(29)25-14-17-10-12-19(24)13-11-17/h6-13H,4-5,14-16H2,1-3H3,(H,25,29). The number of aryl methyl sites for hydroxylation is 1. The van der Waals surface area contributed by atoms with E-state index in [2.05, 4.69) is 5.32 Å². The molecule has 0 saturated carbocycles. The summed E-state index contributed by atoms with van der Waals surface area (Å²) in [5, 5.41) is 2.80. The van der Waals surface area contributed by atoms with Crippen LogP contribution in [0, 0.1) is 5.82 Å². The lowest BCUT2D eigenvalue weighted by atomic mass is 9.93. The largest absolute Gasteiger partial charge is 0.350 e. The molecule has 0 aromatic heterocycles. The van der Waals surface area contributed by atoms with Gasteiger partial charge in [0.15, 0.2) is 0 Å². The normalized spacial score (nSPS) is 19.8. The maximum absolute atomic E-state index is 13.4. The molecule has 1 aliphatic rings. The number of piperazine rings is 1. The molecule has 1 aliphatic heterocycles. The highest BCUT2D eigenvalue weighted by Gasteiger charge is 2.50. The second kappa shape index (κ2) is 9.38. The number of nitrogens with zero attached hydrogens (tertiary/aromatic N) is 2. The Bertz CT molecular complexity index is 1100. The lowest BCUT2D eigenvalue weighted by Crippen LogP contribution is -2.70. The highest BCUT2D eigenvalue weighted by molar-refractivity contribution is 7.89. The summed E-state index contributed by atoms with van der Waals surface area (Å²) >= 11 is 0. The molecule has 2 aromatic rings. The van der Waals surface area contributed by atoms with Gasteiger partial charge in [0, 0.05) is 18.8 Å². The lowest BCUT2D eigenvalue weighted by Gasteiger charge is -2.47. The Kier molecular flexibility index (Phi) is 7.00. The van der Waals surface area contributed by atoms with Gasteiger partial charge in [-0.25, -0.2) is 12.8 Å². The summed E-state index contributed by atoms with van der Waals surface area (Å²) in [6, 6.07) is 13.0. The van der Waals surface area contributed by atoms with E-state index in [0.29, 0.717) is 17.7 Å². The molecule has 1 heterocycles. The SMILES string of the molecule is CCc1ccccc1N1C(=O)CN(S(=O)(=O)CC)CC1(C)C(=O)NCc1ccc(F)cc1. The zero-order chi connectivity index (χ0) is 23.5. The van der Waals surface area contributed by atoms with Gasteiger partial charge in [0.05, 0.1) is 12.3 Å². The number of sulfonamides is 1. The molecule has 1 fully saturated rings. The van der Waals surface area contributed by atoms with Crippen molar-refractivity contribution in [3.05, 3.63) is 65.5 Å². The van der Waals surface area contributed by atoms with Crippen molar-refractivity contribution in [2.75, 3.05) is 23.7 Å². The smallest absolute Gasteiger partial charge is 0.247 e. The van der Waals surface area contributed by atoms with E-state index in [1.165, 1.54) is 24.0 Å². The second-order valence-corrected chi connectivity index (χ2v) is 10.2. The van der Waals surface area contributed by atoms with Crippen LogP contribution in [-0.2, 0) is 32.6 Å². The third kappa shape index (κ3) is 4.68. The van der Waals surface area contributed by atoms with Crippen LogP contribution in [0.5, 0.6) is 0 Å². The molecule has 3 rings (SSSR count). The third-order valence-electron chi connectivity index (χ3n) is 5.77. The Labute approximate surface area is 188 Å². The summed E-state index contributed by atoms with van der Waals surface area (Å²) < 4.78 is 39.4. The fourth-order valence-corrected chi connectivity index (χ4v) is 5.04. The molecule has 172 valence electrons. The lowest BCUT2D eigenvalue weighted by molar-refractivity contribution is -0.133. The number of nitrogens with one attached hydrogen (secondary N) is 1. The Morgan fingerprint density at radius 2 is 1.78 bits per heavy atom. The Balaban J connectivity index is 1.99. The molecule has 32 heavy (non-hydrogen) atoms. The number of para-hydroxylation sites is 1. The summed E-state index contributed by atoms with van der Waals surface area (Å²) in [4.78, 5) is 28.1. The predicted molar refractivity (Wildman–Crippen MR) is 121 cm³/mol. The zero-order valence-electron chi connectivity index (χ0n) is 18.5. The summed E-state index contributed by atoms with van der Waals surface area (Å²) in [6.45, 7) is 4.66. The monoisotopic (exact) mass is 461 g/mol. The average molecular weight is 462 g/mol. The van der Waals surface area contributed by atoms with Gasteiger partial charge in [-0.05, 0) is 49.6 Å². The van der Waals surface area contributed by atoms with Crippen molar-refractivity contribution in [1.82, 2.24) is 9.62 Å². The van der Waals surface area contributed by atoms with Crippen LogP contribution in [0.25, 0.3) is 0 Å². The van der Waals surface area contributed by atoms with E-state index in [9.17, 15) is 22.4 Å². The molecule has 7 nitrogen and oxygen atoms in total. The van der Waals surface area contributed by atoms with Crippen LogP contribution in [0.2, 0.25) is 0 Å². The maximum Gasteiger partial charge on any atom is 0.247 e. The van der Waals surface area contributed by atoms with E-state index in [0.717, 1.165) is 9.87 Å². The van der Waals surface area contributed by atoms with Crippen LogP contribution in [0.15, 0.2) is 48.5 Å². The topological polar surface area (TPSA) is 86.8 Å². The molecule has 0 aliphatic carbocycles. The van der Waals surface area contributed by atoms with E-state index in [1.807, 2.05) is 19.1 Å². The molecule has 1 atom stereocenters. The van der Waals surface area contributed by atoms with Crippen LogP contribution in [0.1, 0.15) is 31.9 Å². The molecule has 0 bridgehead atoms. The summed E-state index contributed by atoms with van der Waals surface area (Å²) in [7, 11) is -3.69. The Morgan fingerprint density at radius 1 is 1.12 bits per heavy atom. The molecule has 1 unspecified atom stereocenters. The molecular formula is C23H28FN3O4S. The maximum atomic E-state index is 13.4. The van der Waals surface area contributed by atoms with E-state index in [4.69, 9.17) is 0 Å². The number of rotatable bonds is 7. The predicted octanol–water partition coefficient (Wildman–Crippen LogP) is 2.46. The Hall–Kier alpha value is -2.78. The summed E-state index contributed by atoms with van der Waals surface area (Å²) in [6.07, 6.45) is 0.643. The van der Waals surface area contributed by atoms with Crippen LogP contribution < -0.4 is 10.2 Å². The van der Waals surface area contributed by atoms with Gasteiger partial charge in [-0.2, -0.15) is 4.31 Å². The van der Waals surface area contributed by atoms with Gasteiger partial charge in [-0.1, -0.05) is 37.3 Å². The molecule has 2 amide bonds. The third-order valence-corrected chi connectivity index (χ3v) is 7.54. The number of amides is 2. The first-order valence-corrected chi connectivity index (χ1v) is 12.1. The molecular weight excluding hydrogens is 433 g/mol. The summed E-state index contributed by atoms with van der Waals surface area (Å²) in [5.41, 5.74) is 0.685. The van der Waals surface area contributed by atoms with Gasteiger partial charge in [0.25, 0.3) is 0 Å². The van der Waals surface area contributed by atoms with Gasteiger partial charge < -0.3 is 5.32 Å². The van der Waals surface area contributed by atoms with E-state index >= 15 is 0 Å². The quantitative estimate of drug-likeness (QED) is 0.686. The van der Waals surface area contributed by atoms with Gasteiger partial charge in [-0.3, -0.25) is 14.5 Å². The number of anilines is 1. The van der Waals surface area contributed by atoms with Gasteiger partial charge in [0.1, 0.15) is 11.4 Å². The summed E-state index contributed by atoms with van der Waals surface area (Å²) in [5.74, 6) is -1.50. The number of carbonyl (C=O) groups is 2. The molecule has 9 heteroatoms. The first-order chi connectivity index (χ1) is 15.1. The number of halogens is 1. The van der Waals surface area contributed by atoms with Gasteiger partial charge >= 0.3 is 0 Å². The van der Waals surface area contributed by atoms with Crippen molar-refractivity contribution in [1.29, 1.82) is 0 Å². The first kappa shape index (κ1) is 23.9. The van der Waals surface area contributed by atoms with E-state index in [-0.39, 0.29) is 31.2 Å².